The Morgan fingerprint density at radius 1 is 1.00 bits per heavy atom. The van der Waals surface area contributed by atoms with Crippen molar-refractivity contribution in [1.82, 2.24) is 9.97 Å². The highest BCUT2D eigenvalue weighted by atomic mass is 32.2. The molecule has 30 heavy (non-hydrogen) atoms. The molecular weight excluding hydrogens is 396 g/mol. The number of benzene rings is 2. The maximum atomic E-state index is 12.3. The van der Waals surface area contributed by atoms with E-state index in [2.05, 4.69) is 16.9 Å². The zero-order chi connectivity index (χ0) is 21.5. The Kier molecular flexibility index (Phi) is 7.25. The minimum atomic E-state index is -0.444. The van der Waals surface area contributed by atoms with Crippen LogP contribution in [0.2, 0.25) is 0 Å². The molecule has 1 unspecified atom stereocenters. The second-order valence-electron chi connectivity index (χ2n) is 6.67. The van der Waals surface area contributed by atoms with Crippen molar-refractivity contribution in [3.63, 3.8) is 0 Å². The number of esters is 1. The molecule has 0 bridgehead atoms. The normalized spacial score (nSPS) is 12.3. The van der Waals surface area contributed by atoms with Crippen LogP contribution in [0.1, 0.15) is 29.1 Å². The van der Waals surface area contributed by atoms with E-state index in [4.69, 9.17) is 9.47 Å². The van der Waals surface area contributed by atoms with Crippen LogP contribution in [0.15, 0.2) is 72.1 Å². The van der Waals surface area contributed by atoms with Crippen LogP contribution in [0, 0.1) is 6.92 Å². The van der Waals surface area contributed by atoms with Crippen LogP contribution in [0.3, 0.4) is 0 Å². The van der Waals surface area contributed by atoms with Crippen molar-refractivity contribution in [2.24, 2.45) is 0 Å². The van der Waals surface area contributed by atoms with Gasteiger partial charge in [0.05, 0.1) is 25.7 Å². The molecule has 0 amide bonds. The van der Waals surface area contributed by atoms with Gasteiger partial charge in [0.15, 0.2) is 0 Å². The Morgan fingerprint density at radius 3 is 2.33 bits per heavy atom. The van der Waals surface area contributed by atoms with Crippen molar-refractivity contribution in [2.45, 2.75) is 24.0 Å². The first-order chi connectivity index (χ1) is 14.5. The van der Waals surface area contributed by atoms with Crippen LogP contribution in [-0.4, -0.2) is 30.2 Å². The van der Waals surface area contributed by atoms with Crippen molar-refractivity contribution >= 4 is 23.3 Å². The van der Waals surface area contributed by atoms with E-state index in [1.54, 1.807) is 11.8 Å². The monoisotopic (exact) mass is 420 g/mol. The molecule has 0 N–H and O–H groups in total. The molecular formula is C24H24N2O3S. The topological polar surface area (TPSA) is 61.3 Å². The number of rotatable bonds is 7. The summed E-state index contributed by atoms with van der Waals surface area (Å²) in [6.07, 6.45) is 5.11. The van der Waals surface area contributed by atoms with Gasteiger partial charge in [-0.25, -0.2) is 14.8 Å². The first-order valence-corrected chi connectivity index (χ1v) is 10.4. The first kappa shape index (κ1) is 21.6. The van der Waals surface area contributed by atoms with E-state index < -0.39 is 5.97 Å². The molecule has 0 saturated carbocycles. The third-order valence-electron chi connectivity index (χ3n) is 4.58. The molecule has 0 aliphatic carbocycles. The number of hydrogen-bond donors (Lipinski definition) is 0. The summed E-state index contributed by atoms with van der Waals surface area (Å²) in [6.45, 7) is 4.07. The Morgan fingerprint density at radius 2 is 1.70 bits per heavy atom. The van der Waals surface area contributed by atoms with Crippen LogP contribution >= 0.6 is 11.8 Å². The molecule has 154 valence electrons. The number of nitrogens with zero attached hydrogens (tertiary/aromatic N) is 2. The highest BCUT2D eigenvalue weighted by Crippen LogP contribution is 2.40. The van der Waals surface area contributed by atoms with Crippen LogP contribution in [0.5, 0.6) is 0 Å². The minimum absolute atomic E-state index is 0.0175. The molecule has 6 heteroatoms. The van der Waals surface area contributed by atoms with Crippen LogP contribution in [-0.2, 0) is 14.3 Å². The summed E-state index contributed by atoms with van der Waals surface area (Å²) in [6, 6.07) is 15.9. The minimum Gasteiger partial charge on any atom is -0.503 e. The molecule has 1 aromatic heterocycles. The smallest absolute Gasteiger partial charge is 0.341 e. The van der Waals surface area contributed by atoms with Gasteiger partial charge in [-0.05, 0) is 25.0 Å². The van der Waals surface area contributed by atoms with Gasteiger partial charge in [-0.3, -0.25) is 0 Å². The van der Waals surface area contributed by atoms with Gasteiger partial charge in [0.25, 0.3) is 0 Å². The van der Waals surface area contributed by atoms with E-state index in [0.29, 0.717) is 5.57 Å². The number of aromatic nitrogens is 2. The van der Waals surface area contributed by atoms with E-state index in [9.17, 15) is 4.79 Å². The SMILES string of the molecule is COC=C(C(=O)OC)c1cccc(C)c1SC(C)c1ncc(-c2ccccc2)cn1. The molecule has 0 aliphatic heterocycles. The van der Waals surface area contributed by atoms with Gasteiger partial charge in [-0.1, -0.05) is 48.5 Å². The second kappa shape index (κ2) is 10.1. The molecule has 0 fully saturated rings. The maximum Gasteiger partial charge on any atom is 0.341 e. The molecule has 3 aromatic rings. The highest BCUT2D eigenvalue weighted by molar-refractivity contribution is 7.99. The Labute approximate surface area is 181 Å². The fourth-order valence-electron chi connectivity index (χ4n) is 3.03. The van der Waals surface area contributed by atoms with Crippen molar-refractivity contribution in [1.29, 1.82) is 0 Å². The molecule has 0 saturated heterocycles. The van der Waals surface area contributed by atoms with E-state index in [1.807, 2.05) is 67.8 Å². The molecule has 1 heterocycles. The predicted molar refractivity (Wildman–Crippen MR) is 120 cm³/mol. The number of carbonyl (C=O) groups is 1. The van der Waals surface area contributed by atoms with Crippen LogP contribution in [0.4, 0.5) is 0 Å². The number of carbonyl (C=O) groups excluding carboxylic acids is 1. The fraction of sp³-hybridized carbons (Fsp3) is 0.208. The van der Waals surface area contributed by atoms with Crippen molar-refractivity contribution in [3.05, 3.63) is 84.1 Å². The number of ether oxygens (including phenoxy) is 2. The molecule has 0 aliphatic rings. The molecule has 0 radical (unpaired) electrons. The molecule has 1 atom stereocenters. The lowest BCUT2D eigenvalue weighted by Gasteiger charge is -2.17. The third kappa shape index (κ3) is 4.89. The molecule has 0 spiro atoms. The van der Waals surface area contributed by atoms with Gasteiger partial charge in [-0.2, -0.15) is 0 Å². The summed E-state index contributed by atoms with van der Waals surface area (Å²) in [5.41, 5.74) is 4.25. The predicted octanol–water partition coefficient (Wildman–Crippen LogP) is 5.47. The Hall–Kier alpha value is -3.12. The van der Waals surface area contributed by atoms with Crippen molar-refractivity contribution in [3.8, 4) is 11.1 Å². The number of thioether (sulfide) groups is 1. The van der Waals surface area contributed by atoms with Gasteiger partial charge in [0.2, 0.25) is 0 Å². The first-order valence-electron chi connectivity index (χ1n) is 9.50. The number of aryl methyl sites for hydroxylation is 1. The summed E-state index contributed by atoms with van der Waals surface area (Å²) in [7, 11) is 2.87. The van der Waals surface area contributed by atoms with Gasteiger partial charge in [-0.15, -0.1) is 11.8 Å². The number of methoxy groups -OCH3 is 2. The highest BCUT2D eigenvalue weighted by Gasteiger charge is 2.21. The van der Waals surface area contributed by atoms with E-state index in [1.165, 1.54) is 20.5 Å². The lowest BCUT2D eigenvalue weighted by molar-refractivity contribution is -0.133. The Bertz CT molecular complexity index is 1030. The molecule has 2 aromatic carbocycles. The maximum absolute atomic E-state index is 12.3. The van der Waals surface area contributed by atoms with Crippen LogP contribution < -0.4 is 0 Å². The summed E-state index contributed by atoms with van der Waals surface area (Å²) in [5.74, 6) is 0.282. The number of hydrogen-bond acceptors (Lipinski definition) is 6. The van der Waals surface area contributed by atoms with Gasteiger partial charge >= 0.3 is 5.97 Å². The zero-order valence-corrected chi connectivity index (χ0v) is 18.3. The lowest BCUT2D eigenvalue weighted by atomic mass is 10.0. The molecule has 5 nitrogen and oxygen atoms in total. The molecule has 3 rings (SSSR count). The van der Waals surface area contributed by atoms with Crippen molar-refractivity contribution < 1.29 is 14.3 Å². The van der Waals surface area contributed by atoms with E-state index in [-0.39, 0.29) is 5.25 Å². The summed E-state index contributed by atoms with van der Waals surface area (Å²) in [4.78, 5) is 22.4. The lowest BCUT2D eigenvalue weighted by Crippen LogP contribution is -2.07. The second-order valence-corrected chi connectivity index (χ2v) is 8.02. The Balaban J connectivity index is 1.89. The third-order valence-corrected chi connectivity index (χ3v) is 5.92. The fourth-order valence-corrected chi connectivity index (χ4v) is 4.17. The average molecular weight is 421 g/mol. The summed E-state index contributed by atoms with van der Waals surface area (Å²) in [5, 5.41) is -0.0175. The van der Waals surface area contributed by atoms with Crippen molar-refractivity contribution in [2.75, 3.05) is 14.2 Å². The largest absolute Gasteiger partial charge is 0.503 e. The average Bonchev–Trinajstić information content (AvgIpc) is 2.79. The summed E-state index contributed by atoms with van der Waals surface area (Å²) < 4.78 is 10.1. The van der Waals surface area contributed by atoms with E-state index in [0.717, 1.165) is 33.0 Å². The van der Waals surface area contributed by atoms with Gasteiger partial charge < -0.3 is 9.47 Å². The van der Waals surface area contributed by atoms with Crippen LogP contribution in [0.25, 0.3) is 16.7 Å². The zero-order valence-electron chi connectivity index (χ0n) is 17.5. The van der Waals surface area contributed by atoms with Gasteiger partial charge in [0, 0.05) is 28.4 Å². The quantitative estimate of drug-likeness (QED) is 0.219. The summed E-state index contributed by atoms with van der Waals surface area (Å²) >= 11 is 1.60. The van der Waals surface area contributed by atoms with Gasteiger partial charge in [0.1, 0.15) is 11.4 Å². The standard InChI is InChI=1S/C24H24N2O3S/c1-16-9-8-12-20(21(15-28-3)24(27)29-4)22(16)30-17(2)23-25-13-19(14-26-23)18-10-6-5-7-11-18/h5-15,17H,1-4H3. The van der Waals surface area contributed by atoms with E-state index >= 15 is 0 Å².